The van der Waals surface area contributed by atoms with Gasteiger partial charge in [-0.05, 0) is 25.1 Å². The topological polar surface area (TPSA) is 55.3 Å². The standard InChI is InChI=1S/C16H23N3O2/c1-17-10-13-11-19(15-7-4-3-6-14(13)15)12-16(20)18-8-5-9-21-2/h3-4,6-7,11,17H,5,8-10,12H2,1-2H3,(H,18,20). The van der Waals surface area contributed by atoms with E-state index in [1.807, 2.05) is 29.8 Å². The third kappa shape index (κ3) is 4.06. The zero-order chi connectivity index (χ0) is 15.1. The number of hydrogen-bond donors (Lipinski definition) is 2. The number of benzene rings is 1. The Morgan fingerprint density at radius 2 is 2.14 bits per heavy atom. The van der Waals surface area contributed by atoms with Crippen LogP contribution in [0, 0.1) is 0 Å². The number of hydrogen-bond acceptors (Lipinski definition) is 3. The molecule has 5 heteroatoms. The summed E-state index contributed by atoms with van der Waals surface area (Å²) in [7, 11) is 3.59. The highest BCUT2D eigenvalue weighted by Crippen LogP contribution is 2.21. The summed E-state index contributed by atoms with van der Waals surface area (Å²) in [6, 6.07) is 8.16. The molecule has 0 fully saturated rings. The van der Waals surface area contributed by atoms with Crippen molar-refractivity contribution in [2.45, 2.75) is 19.5 Å². The van der Waals surface area contributed by atoms with Gasteiger partial charge in [-0.25, -0.2) is 0 Å². The monoisotopic (exact) mass is 289 g/mol. The molecule has 0 aliphatic rings. The molecule has 0 bridgehead atoms. The van der Waals surface area contributed by atoms with Crippen molar-refractivity contribution in [3.63, 3.8) is 0 Å². The third-order valence-corrected chi connectivity index (χ3v) is 3.40. The fraction of sp³-hybridized carbons (Fsp3) is 0.438. The number of carbonyl (C=O) groups excluding carboxylic acids is 1. The van der Waals surface area contributed by atoms with Crippen LogP contribution in [0.5, 0.6) is 0 Å². The van der Waals surface area contributed by atoms with E-state index in [0.29, 0.717) is 19.7 Å². The molecule has 5 nitrogen and oxygen atoms in total. The second-order valence-electron chi connectivity index (χ2n) is 5.03. The van der Waals surface area contributed by atoms with Crippen LogP contribution in [0.3, 0.4) is 0 Å². The van der Waals surface area contributed by atoms with Gasteiger partial charge in [-0.15, -0.1) is 0 Å². The van der Waals surface area contributed by atoms with Crippen LogP contribution in [0.1, 0.15) is 12.0 Å². The maximum Gasteiger partial charge on any atom is 0.239 e. The number of methoxy groups -OCH3 is 1. The number of nitrogens with zero attached hydrogens (tertiary/aromatic N) is 1. The first kappa shape index (κ1) is 15.5. The van der Waals surface area contributed by atoms with Gasteiger partial charge in [-0.2, -0.15) is 0 Å². The molecule has 1 amide bonds. The molecular formula is C16H23N3O2. The normalized spacial score (nSPS) is 11.0. The van der Waals surface area contributed by atoms with Crippen molar-refractivity contribution in [3.05, 3.63) is 36.0 Å². The van der Waals surface area contributed by atoms with Gasteiger partial charge in [0.15, 0.2) is 0 Å². The molecule has 0 saturated heterocycles. The molecule has 2 aromatic rings. The smallest absolute Gasteiger partial charge is 0.239 e. The number of aromatic nitrogens is 1. The summed E-state index contributed by atoms with van der Waals surface area (Å²) in [6.07, 6.45) is 2.88. The van der Waals surface area contributed by atoms with E-state index >= 15 is 0 Å². The van der Waals surface area contributed by atoms with Crippen LogP contribution < -0.4 is 10.6 Å². The lowest BCUT2D eigenvalue weighted by Crippen LogP contribution is -2.28. The Morgan fingerprint density at radius 1 is 1.33 bits per heavy atom. The van der Waals surface area contributed by atoms with Crippen molar-refractivity contribution in [3.8, 4) is 0 Å². The minimum Gasteiger partial charge on any atom is -0.385 e. The molecule has 2 N–H and O–H groups in total. The van der Waals surface area contributed by atoms with Gasteiger partial charge in [0, 0.05) is 43.9 Å². The molecular weight excluding hydrogens is 266 g/mol. The quantitative estimate of drug-likeness (QED) is 0.724. The van der Waals surface area contributed by atoms with Gasteiger partial charge in [0.05, 0.1) is 0 Å². The highest BCUT2D eigenvalue weighted by Gasteiger charge is 2.10. The van der Waals surface area contributed by atoms with Crippen molar-refractivity contribution in [1.29, 1.82) is 0 Å². The Labute approximate surface area is 125 Å². The number of amides is 1. The Balaban J connectivity index is 2.06. The average molecular weight is 289 g/mol. The fourth-order valence-electron chi connectivity index (χ4n) is 2.44. The molecule has 0 atom stereocenters. The highest BCUT2D eigenvalue weighted by atomic mass is 16.5. The van der Waals surface area contributed by atoms with Gasteiger partial charge in [-0.3, -0.25) is 4.79 Å². The molecule has 0 saturated carbocycles. The van der Waals surface area contributed by atoms with Crippen LogP contribution in [0.2, 0.25) is 0 Å². The van der Waals surface area contributed by atoms with Crippen LogP contribution in [0.15, 0.2) is 30.5 Å². The summed E-state index contributed by atoms with van der Waals surface area (Å²) in [6.45, 7) is 2.45. The lowest BCUT2D eigenvalue weighted by Gasteiger charge is -2.07. The highest BCUT2D eigenvalue weighted by molar-refractivity contribution is 5.86. The Bertz CT molecular complexity index is 592. The molecule has 0 spiro atoms. The minimum atomic E-state index is 0.0304. The van der Waals surface area contributed by atoms with Gasteiger partial charge in [0.2, 0.25) is 5.91 Å². The number of carbonyl (C=O) groups is 1. The second kappa shape index (κ2) is 7.81. The van der Waals surface area contributed by atoms with Gasteiger partial charge in [0.25, 0.3) is 0 Å². The largest absolute Gasteiger partial charge is 0.385 e. The molecule has 0 radical (unpaired) electrons. The van der Waals surface area contributed by atoms with E-state index in [-0.39, 0.29) is 5.91 Å². The van der Waals surface area contributed by atoms with Gasteiger partial charge >= 0.3 is 0 Å². The number of ether oxygens (including phenoxy) is 1. The van der Waals surface area contributed by atoms with E-state index in [9.17, 15) is 4.79 Å². The van der Waals surface area contributed by atoms with Crippen molar-refractivity contribution in [1.82, 2.24) is 15.2 Å². The van der Waals surface area contributed by atoms with E-state index in [1.165, 1.54) is 10.9 Å². The van der Waals surface area contributed by atoms with Crippen LogP contribution >= 0.6 is 0 Å². The third-order valence-electron chi connectivity index (χ3n) is 3.40. The number of fused-ring (bicyclic) bond motifs is 1. The summed E-state index contributed by atoms with van der Waals surface area (Å²) in [5, 5.41) is 7.27. The Hall–Kier alpha value is -1.85. The van der Waals surface area contributed by atoms with Crippen LogP contribution in [-0.4, -0.2) is 37.8 Å². The van der Waals surface area contributed by atoms with Crippen molar-refractivity contribution in [2.75, 3.05) is 27.3 Å². The lowest BCUT2D eigenvalue weighted by atomic mass is 10.2. The van der Waals surface area contributed by atoms with E-state index in [2.05, 4.69) is 22.9 Å². The number of para-hydroxylation sites is 1. The minimum absolute atomic E-state index is 0.0304. The van der Waals surface area contributed by atoms with Gasteiger partial charge < -0.3 is 19.9 Å². The predicted octanol–water partition coefficient (Wildman–Crippen LogP) is 1.51. The number of nitrogens with one attached hydrogen (secondary N) is 2. The molecule has 1 heterocycles. The molecule has 0 aliphatic carbocycles. The summed E-state index contributed by atoms with van der Waals surface area (Å²) >= 11 is 0. The first-order chi connectivity index (χ1) is 10.3. The summed E-state index contributed by atoms with van der Waals surface area (Å²) in [4.78, 5) is 12.0. The maximum atomic E-state index is 12.0. The summed E-state index contributed by atoms with van der Waals surface area (Å²) < 4.78 is 6.97. The first-order valence-corrected chi connectivity index (χ1v) is 7.23. The zero-order valence-corrected chi connectivity index (χ0v) is 12.7. The lowest BCUT2D eigenvalue weighted by molar-refractivity contribution is -0.121. The predicted molar refractivity (Wildman–Crippen MR) is 84.2 cm³/mol. The number of rotatable bonds is 8. The van der Waals surface area contributed by atoms with Gasteiger partial charge in [-0.1, -0.05) is 18.2 Å². The molecule has 114 valence electrons. The molecule has 0 unspecified atom stereocenters. The molecule has 1 aromatic carbocycles. The Kier molecular flexibility index (Phi) is 5.78. The van der Waals surface area contributed by atoms with Crippen LogP contribution in [0.4, 0.5) is 0 Å². The van der Waals surface area contributed by atoms with E-state index in [1.54, 1.807) is 7.11 Å². The molecule has 0 aliphatic heterocycles. The van der Waals surface area contributed by atoms with Crippen LogP contribution in [-0.2, 0) is 22.6 Å². The SMILES string of the molecule is CNCc1cn(CC(=O)NCCCOC)c2ccccc12. The van der Waals surface area contributed by atoms with Crippen molar-refractivity contribution < 1.29 is 9.53 Å². The maximum absolute atomic E-state index is 12.0. The van der Waals surface area contributed by atoms with E-state index in [4.69, 9.17) is 4.74 Å². The van der Waals surface area contributed by atoms with Crippen LogP contribution in [0.25, 0.3) is 10.9 Å². The van der Waals surface area contributed by atoms with Crippen molar-refractivity contribution in [2.24, 2.45) is 0 Å². The van der Waals surface area contributed by atoms with E-state index < -0.39 is 0 Å². The van der Waals surface area contributed by atoms with E-state index in [0.717, 1.165) is 18.5 Å². The summed E-state index contributed by atoms with van der Waals surface area (Å²) in [5.41, 5.74) is 2.30. The Morgan fingerprint density at radius 3 is 2.90 bits per heavy atom. The fourth-order valence-corrected chi connectivity index (χ4v) is 2.44. The molecule has 21 heavy (non-hydrogen) atoms. The molecule has 2 rings (SSSR count). The zero-order valence-electron chi connectivity index (χ0n) is 12.7. The summed E-state index contributed by atoms with van der Waals surface area (Å²) in [5.74, 6) is 0.0304. The molecule has 1 aromatic heterocycles. The van der Waals surface area contributed by atoms with Gasteiger partial charge in [0.1, 0.15) is 6.54 Å². The van der Waals surface area contributed by atoms with Crippen molar-refractivity contribution >= 4 is 16.8 Å². The first-order valence-electron chi connectivity index (χ1n) is 7.23. The average Bonchev–Trinajstić information content (AvgIpc) is 2.83. The second-order valence-corrected chi connectivity index (χ2v) is 5.03.